The first-order valence-corrected chi connectivity index (χ1v) is 6.76. The van der Waals surface area contributed by atoms with E-state index in [-0.39, 0.29) is 5.69 Å². The first-order valence-electron chi connectivity index (χ1n) is 6.38. The molecule has 6 nitrogen and oxygen atoms in total. The lowest BCUT2D eigenvalue weighted by atomic mass is 10.2. The zero-order valence-electron chi connectivity index (χ0n) is 11.6. The van der Waals surface area contributed by atoms with Gasteiger partial charge < -0.3 is 4.57 Å². The van der Waals surface area contributed by atoms with Crippen molar-refractivity contribution in [3.05, 3.63) is 57.0 Å². The lowest BCUT2D eigenvalue weighted by Gasteiger charge is -2.06. The Labute approximate surface area is 125 Å². The zero-order chi connectivity index (χ0) is 15.1. The maximum absolute atomic E-state index is 10.9. The van der Waals surface area contributed by atoms with Gasteiger partial charge in [0.15, 0.2) is 0 Å². The number of halogens is 1. The number of rotatable bonds is 3. The Balaban J connectivity index is 2.08. The molecule has 0 atom stereocenters. The van der Waals surface area contributed by atoms with Gasteiger partial charge in [0.25, 0.3) is 5.69 Å². The second-order valence-electron chi connectivity index (χ2n) is 4.91. The van der Waals surface area contributed by atoms with E-state index in [2.05, 4.69) is 5.10 Å². The number of nitrogens with zero attached hydrogens (tertiary/aromatic N) is 4. The van der Waals surface area contributed by atoms with Crippen molar-refractivity contribution >= 4 is 28.2 Å². The van der Waals surface area contributed by atoms with Crippen molar-refractivity contribution in [1.29, 1.82) is 0 Å². The molecule has 2 aromatic heterocycles. The summed E-state index contributed by atoms with van der Waals surface area (Å²) in [7, 11) is 1.84. The van der Waals surface area contributed by atoms with Gasteiger partial charge >= 0.3 is 0 Å². The average molecular weight is 305 g/mol. The van der Waals surface area contributed by atoms with Crippen LogP contribution >= 0.6 is 11.6 Å². The topological polar surface area (TPSA) is 65.9 Å². The normalized spacial score (nSPS) is 11.2. The van der Waals surface area contributed by atoms with Crippen molar-refractivity contribution in [2.75, 3.05) is 0 Å². The predicted octanol–water partition coefficient (Wildman–Crippen LogP) is 3.29. The van der Waals surface area contributed by atoms with E-state index < -0.39 is 4.92 Å². The molecule has 0 saturated heterocycles. The van der Waals surface area contributed by atoms with E-state index in [4.69, 9.17) is 11.6 Å². The fraction of sp³-hybridized carbons (Fsp3) is 0.214. The van der Waals surface area contributed by atoms with Crippen LogP contribution in [0.5, 0.6) is 0 Å². The highest BCUT2D eigenvalue weighted by Crippen LogP contribution is 2.25. The van der Waals surface area contributed by atoms with Gasteiger partial charge in [-0.2, -0.15) is 5.10 Å². The maximum Gasteiger partial charge on any atom is 0.271 e. The van der Waals surface area contributed by atoms with E-state index in [0.717, 1.165) is 22.3 Å². The van der Waals surface area contributed by atoms with Gasteiger partial charge in [0.05, 0.1) is 33.4 Å². The molecule has 0 aliphatic carbocycles. The van der Waals surface area contributed by atoms with E-state index in [9.17, 15) is 10.1 Å². The van der Waals surface area contributed by atoms with Crippen LogP contribution in [-0.2, 0) is 13.6 Å². The highest BCUT2D eigenvalue weighted by molar-refractivity contribution is 6.31. The van der Waals surface area contributed by atoms with Crippen LogP contribution in [0, 0.1) is 17.0 Å². The zero-order valence-corrected chi connectivity index (χ0v) is 12.3. The lowest BCUT2D eigenvalue weighted by Crippen LogP contribution is -2.05. The summed E-state index contributed by atoms with van der Waals surface area (Å²) in [4.78, 5) is 10.5. The Kier molecular flexibility index (Phi) is 3.17. The number of aromatic nitrogens is 3. The van der Waals surface area contributed by atoms with E-state index in [0.29, 0.717) is 11.6 Å². The standard InChI is InChI=1S/C14H13ClN4O2/c1-9-14(15)13(17(2)16-9)8-18-6-5-10-3-4-11(19(20)21)7-12(10)18/h3-7H,8H2,1-2H3. The molecule has 7 heteroatoms. The molecular formula is C14H13ClN4O2. The monoisotopic (exact) mass is 304 g/mol. The highest BCUT2D eigenvalue weighted by atomic mass is 35.5. The minimum absolute atomic E-state index is 0.0785. The van der Waals surface area contributed by atoms with Gasteiger partial charge in [-0.05, 0) is 19.1 Å². The Morgan fingerprint density at radius 3 is 2.76 bits per heavy atom. The second-order valence-corrected chi connectivity index (χ2v) is 5.29. The van der Waals surface area contributed by atoms with Crippen LogP contribution in [0.25, 0.3) is 10.9 Å². The average Bonchev–Trinajstić information content (AvgIpc) is 2.95. The van der Waals surface area contributed by atoms with Crippen molar-refractivity contribution in [2.45, 2.75) is 13.5 Å². The number of fused-ring (bicyclic) bond motifs is 1. The molecule has 0 amide bonds. The Morgan fingerprint density at radius 1 is 1.38 bits per heavy atom. The molecule has 3 rings (SSSR count). The number of hydrogen-bond acceptors (Lipinski definition) is 3. The number of nitro benzene ring substituents is 1. The minimum Gasteiger partial charge on any atom is -0.341 e. The number of aryl methyl sites for hydroxylation is 2. The smallest absolute Gasteiger partial charge is 0.271 e. The van der Waals surface area contributed by atoms with E-state index in [1.807, 2.05) is 30.8 Å². The van der Waals surface area contributed by atoms with Crippen LogP contribution in [0.4, 0.5) is 5.69 Å². The Morgan fingerprint density at radius 2 is 2.14 bits per heavy atom. The predicted molar refractivity (Wildman–Crippen MR) is 80.6 cm³/mol. The van der Waals surface area contributed by atoms with Gasteiger partial charge in [0.2, 0.25) is 0 Å². The van der Waals surface area contributed by atoms with E-state index in [1.165, 1.54) is 6.07 Å². The first-order chi connectivity index (χ1) is 9.97. The molecule has 1 aromatic carbocycles. The molecule has 0 bridgehead atoms. The van der Waals surface area contributed by atoms with Gasteiger partial charge in [-0.1, -0.05) is 11.6 Å². The summed E-state index contributed by atoms with van der Waals surface area (Å²) < 4.78 is 3.67. The molecule has 0 N–H and O–H groups in total. The van der Waals surface area contributed by atoms with Gasteiger partial charge in [-0.15, -0.1) is 0 Å². The van der Waals surface area contributed by atoms with Crippen molar-refractivity contribution in [1.82, 2.24) is 14.3 Å². The fourth-order valence-electron chi connectivity index (χ4n) is 2.44. The first kappa shape index (κ1) is 13.6. The quantitative estimate of drug-likeness (QED) is 0.551. The van der Waals surface area contributed by atoms with Gasteiger partial charge in [0, 0.05) is 30.8 Å². The molecule has 0 saturated carbocycles. The third kappa shape index (κ3) is 2.27. The summed E-state index contributed by atoms with van der Waals surface area (Å²) >= 11 is 6.26. The molecule has 0 aliphatic rings. The fourth-order valence-corrected chi connectivity index (χ4v) is 2.66. The summed E-state index contributed by atoms with van der Waals surface area (Å²) in [5, 5.41) is 16.8. The van der Waals surface area contributed by atoms with Crippen molar-refractivity contribution in [3.8, 4) is 0 Å². The van der Waals surface area contributed by atoms with Crippen LogP contribution in [0.15, 0.2) is 30.5 Å². The second kappa shape index (κ2) is 4.89. The SMILES string of the molecule is Cc1nn(C)c(Cn2ccc3ccc([N+](=O)[O-])cc32)c1Cl. The Bertz CT molecular complexity index is 850. The summed E-state index contributed by atoms with van der Waals surface area (Å²) in [5.41, 5.74) is 2.53. The van der Waals surface area contributed by atoms with E-state index >= 15 is 0 Å². The van der Waals surface area contributed by atoms with Crippen molar-refractivity contribution in [2.24, 2.45) is 7.05 Å². The summed E-state index contributed by atoms with van der Waals surface area (Å²) in [6.07, 6.45) is 1.90. The van der Waals surface area contributed by atoms with Crippen LogP contribution < -0.4 is 0 Å². The molecule has 0 radical (unpaired) electrons. The van der Waals surface area contributed by atoms with Gasteiger partial charge in [-0.3, -0.25) is 14.8 Å². The summed E-state index contributed by atoms with van der Waals surface area (Å²) in [6.45, 7) is 2.37. The third-order valence-corrected chi connectivity index (χ3v) is 4.04. The maximum atomic E-state index is 10.9. The van der Waals surface area contributed by atoms with Crippen LogP contribution in [0.3, 0.4) is 0 Å². The van der Waals surface area contributed by atoms with Crippen LogP contribution in [0.1, 0.15) is 11.4 Å². The number of nitro groups is 1. The number of hydrogen-bond donors (Lipinski definition) is 0. The molecular weight excluding hydrogens is 292 g/mol. The largest absolute Gasteiger partial charge is 0.341 e. The van der Waals surface area contributed by atoms with Crippen LogP contribution in [-0.4, -0.2) is 19.3 Å². The lowest BCUT2D eigenvalue weighted by molar-refractivity contribution is -0.384. The van der Waals surface area contributed by atoms with Crippen LogP contribution in [0.2, 0.25) is 5.02 Å². The molecule has 21 heavy (non-hydrogen) atoms. The number of non-ortho nitro benzene ring substituents is 1. The molecule has 0 fully saturated rings. The summed E-state index contributed by atoms with van der Waals surface area (Å²) in [6, 6.07) is 6.76. The minimum atomic E-state index is -0.391. The van der Waals surface area contributed by atoms with E-state index in [1.54, 1.807) is 16.8 Å². The molecule has 0 aliphatic heterocycles. The molecule has 0 unspecified atom stereocenters. The number of benzene rings is 1. The molecule has 2 heterocycles. The van der Waals surface area contributed by atoms with Gasteiger partial charge in [0.1, 0.15) is 0 Å². The molecule has 108 valence electrons. The summed E-state index contributed by atoms with van der Waals surface area (Å²) in [5.74, 6) is 0. The van der Waals surface area contributed by atoms with Crippen molar-refractivity contribution in [3.63, 3.8) is 0 Å². The van der Waals surface area contributed by atoms with Crippen molar-refractivity contribution < 1.29 is 4.92 Å². The molecule has 3 aromatic rings. The van der Waals surface area contributed by atoms with Gasteiger partial charge in [-0.25, -0.2) is 0 Å². The molecule has 0 spiro atoms. The third-order valence-electron chi connectivity index (χ3n) is 3.55. The Hall–Kier alpha value is -2.34. The highest BCUT2D eigenvalue weighted by Gasteiger charge is 2.14.